The van der Waals surface area contributed by atoms with Crippen molar-refractivity contribution in [1.82, 2.24) is 4.90 Å². The van der Waals surface area contributed by atoms with Gasteiger partial charge in [-0.05, 0) is 30.2 Å². The van der Waals surface area contributed by atoms with E-state index in [9.17, 15) is 4.79 Å². The number of rotatable bonds is 5. The van der Waals surface area contributed by atoms with Crippen LogP contribution in [0.25, 0.3) is 0 Å². The van der Waals surface area contributed by atoms with E-state index in [0.717, 1.165) is 0 Å². The number of halogens is 1. The molecule has 0 heterocycles. The molecule has 1 aromatic carbocycles. The third kappa shape index (κ3) is 4.11. The number of carbonyl (C=O) groups is 1. The van der Waals surface area contributed by atoms with Crippen molar-refractivity contribution in [3.8, 4) is 5.75 Å². The first-order chi connectivity index (χ1) is 8.80. The smallest absolute Gasteiger partial charge is 0.257 e. The molecule has 0 aliphatic heterocycles. The number of nitrogens with zero attached hydrogens (tertiary/aromatic N) is 1. The first-order valence-electron chi connectivity index (χ1n) is 6.10. The Morgan fingerprint density at radius 2 is 2.11 bits per heavy atom. The zero-order chi connectivity index (χ0) is 14.6. The lowest BCUT2D eigenvalue weighted by atomic mass is 9.93. The molecule has 0 spiro atoms. The highest BCUT2D eigenvalue weighted by atomic mass is 35.5. The van der Waals surface area contributed by atoms with Gasteiger partial charge in [-0.2, -0.15) is 0 Å². The van der Waals surface area contributed by atoms with Gasteiger partial charge in [0.1, 0.15) is 5.75 Å². The Labute approximate surface area is 119 Å². The molecule has 0 aliphatic carbocycles. The van der Waals surface area contributed by atoms with Crippen LogP contribution in [0.3, 0.4) is 0 Å². The number of amides is 1. The third-order valence-corrected chi connectivity index (χ3v) is 3.19. The molecule has 0 radical (unpaired) electrons. The van der Waals surface area contributed by atoms with Crippen LogP contribution in [-0.2, 0) is 0 Å². The van der Waals surface area contributed by atoms with Gasteiger partial charge in [0.05, 0.1) is 12.7 Å². The van der Waals surface area contributed by atoms with E-state index in [1.54, 1.807) is 30.1 Å². The lowest BCUT2D eigenvalue weighted by Crippen LogP contribution is -2.39. The molecule has 0 fully saturated rings. The van der Waals surface area contributed by atoms with Gasteiger partial charge in [0.15, 0.2) is 0 Å². The highest BCUT2D eigenvalue weighted by Gasteiger charge is 2.23. The van der Waals surface area contributed by atoms with Crippen LogP contribution in [0.2, 0.25) is 5.02 Å². The topological polar surface area (TPSA) is 55.6 Å². The van der Waals surface area contributed by atoms with Gasteiger partial charge in [0.2, 0.25) is 0 Å². The Hall–Kier alpha value is -1.26. The molecule has 0 saturated heterocycles. The molecule has 5 heteroatoms. The minimum Gasteiger partial charge on any atom is -0.496 e. The third-order valence-electron chi connectivity index (χ3n) is 2.96. The van der Waals surface area contributed by atoms with E-state index in [1.165, 1.54) is 7.11 Å². The van der Waals surface area contributed by atoms with Gasteiger partial charge in [0, 0.05) is 18.6 Å². The van der Waals surface area contributed by atoms with E-state index in [-0.39, 0.29) is 11.3 Å². The maximum Gasteiger partial charge on any atom is 0.257 e. The fourth-order valence-corrected chi connectivity index (χ4v) is 1.99. The summed E-state index contributed by atoms with van der Waals surface area (Å²) >= 11 is 5.89. The minimum absolute atomic E-state index is 0.102. The molecular weight excluding hydrogens is 264 g/mol. The standard InChI is InChI=1S/C14H21ClN2O2/c1-14(2,8-16)9-17(3)13(18)11-6-5-10(15)7-12(11)19-4/h5-7H,8-9,16H2,1-4H3. The second-order valence-electron chi connectivity index (χ2n) is 5.37. The van der Waals surface area contributed by atoms with Gasteiger partial charge in [-0.15, -0.1) is 0 Å². The number of ether oxygens (including phenoxy) is 1. The van der Waals surface area contributed by atoms with Crippen LogP contribution in [0.4, 0.5) is 0 Å². The van der Waals surface area contributed by atoms with Crippen molar-refractivity contribution >= 4 is 17.5 Å². The molecular formula is C14H21ClN2O2. The molecule has 0 aliphatic rings. The van der Waals surface area contributed by atoms with Crippen molar-refractivity contribution in [2.45, 2.75) is 13.8 Å². The molecule has 4 nitrogen and oxygen atoms in total. The highest BCUT2D eigenvalue weighted by molar-refractivity contribution is 6.30. The summed E-state index contributed by atoms with van der Waals surface area (Å²) < 4.78 is 5.20. The summed E-state index contributed by atoms with van der Waals surface area (Å²) in [7, 11) is 3.28. The van der Waals surface area contributed by atoms with Gasteiger partial charge in [-0.25, -0.2) is 0 Å². The van der Waals surface area contributed by atoms with E-state index in [0.29, 0.717) is 29.4 Å². The molecule has 19 heavy (non-hydrogen) atoms. The van der Waals surface area contributed by atoms with Gasteiger partial charge in [0.25, 0.3) is 5.91 Å². The van der Waals surface area contributed by atoms with E-state index in [1.807, 2.05) is 13.8 Å². The van der Waals surface area contributed by atoms with E-state index >= 15 is 0 Å². The summed E-state index contributed by atoms with van der Waals surface area (Å²) in [5, 5.41) is 0.540. The molecule has 0 bridgehead atoms. The number of nitrogens with two attached hydrogens (primary N) is 1. The lowest BCUT2D eigenvalue weighted by molar-refractivity contribution is 0.0737. The normalized spacial score (nSPS) is 11.3. The van der Waals surface area contributed by atoms with Gasteiger partial charge in [-0.1, -0.05) is 25.4 Å². The second kappa shape index (κ2) is 6.26. The molecule has 1 rings (SSSR count). The number of methoxy groups -OCH3 is 1. The van der Waals surface area contributed by atoms with Gasteiger partial charge >= 0.3 is 0 Å². The SMILES string of the molecule is COc1cc(Cl)ccc1C(=O)N(C)CC(C)(C)CN. The Morgan fingerprint density at radius 3 is 2.63 bits per heavy atom. The average Bonchev–Trinajstić information content (AvgIpc) is 2.37. The maximum atomic E-state index is 12.4. The predicted molar refractivity (Wildman–Crippen MR) is 77.8 cm³/mol. The Kier molecular flexibility index (Phi) is 5.20. The van der Waals surface area contributed by atoms with Crippen molar-refractivity contribution in [1.29, 1.82) is 0 Å². The summed E-state index contributed by atoms with van der Waals surface area (Å²) in [6.07, 6.45) is 0. The van der Waals surface area contributed by atoms with Crippen molar-refractivity contribution in [3.63, 3.8) is 0 Å². The zero-order valence-electron chi connectivity index (χ0n) is 11.9. The second-order valence-corrected chi connectivity index (χ2v) is 5.81. The number of hydrogen-bond acceptors (Lipinski definition) is 3. The summed E-state index contributed by atoms with van der Waals surface area (Å²) in [4.78, 5) is 14.0. The lowest BCUT2D eigenvalue weighted by Gasteiger charge is -2.29. The molecule has 0 saturated carbocycles. The van der Waals surface area contributed by atoms with E-state index < -0.39 is 0 Å². The molecule has 106 valence electrons. The van der Waals surface area contributed by atoms with Crippen LogP contribution in [0.15, 0.2) is 18.2 Å². The Balaban J connectivity index is 2.94. The molecule has 1 aromatic rings. The maximum absolute atomic E-state index is 12.4. The van der Waals surface area contributed by atoms with Crippen LogP contribution < -0.4 is 10.5 Å². The molecule has 0 aromatic heterocycles. The Bertz CT molecular complexity index is 461. The van der Waals surface area contributed by atoms with Crippen molar-refractivity contribution in [2.24, 2.45) is 11.1 Å². The van der Waals surface area contributed by atoms with Crippen molar-refractivity contribution in [3.05, 3.63) is 28.8 Å². The largest absolute Gasteiger partial charge is 0.496 e. The quantitative estimate of drug-likeness (QED) is 0.903. The highest BCUT2D eigenvalue weighted by Crippen LogP contribution is 2.25. The molecule has 2 N–H and O–H groups in total. The van der Waals surface area contributed by atoms with Crippen LogP contribution in [-0.4, -0.2) is 38.1 Å². The number of hydrogen-bond donors (Lipinski definition) is 1. The van der Waals surface area contributed by atoms with E-state index in [4.69, 9.17) is 22.1 Å². The first kappa shape index (κ1) is 15.8. The van der Waals surface area contributed by atoms with Crippen LogP contribution in [0.1, 0.15) is 24.2 Å². The predicted octanol–water partition coefficient (Wildman–Crippen LogP) is 2.41. The Morgan fingerprint density at radius 1 is 1.47 bits per heavy atom. The molecule has 0 unspecified atom stereocenters. The zero-order valence-corrected chi connectivity index (χ0v) is 12.6. The van der Waals surface area contributed by atoms with Crippen LogP contribution in [0, 0.1) is 5.41 Å². The summed E-state index contributed by atoms with van der Waals surface area (Å²) in [5.41, 5.74) is 6.07. The molecule has 0 atom stereocenters. The summed E-state index contributed by atoms with van der Waals surface area (Å²) in [6.45, 7) is 5.14. The van der Waals surface area contributed by atoms with E-state index in [2.05, 4.69) is 0 Å². The number of carbonyl (C=O) groups excluding carboxylic acids is 1. The first-order valence-corrected chi connectivity index (χ1v) is 6.47. The minimum atomic E-state index is -0.121. The van der Waals surface area contributed by atoms with Crippen molar-refractivity contribution in [2.75, 3.05) is 27.2 Å². The fraction of sp³-hybridized carbons (Fsp3) is 0.500. The van der Waals surface area contributed by atoms with Gasteiger partial charge in [-0.3, -0.25) is 4.79 Å². The molecule has 1 amide bonds. The monoisotopic (exact) mass is 284 g/mol. The van der Waals surface area contributed by atoms with Gasteiger partial charge < -0.3 is 15.4 Å². The number of benzene rings is 1. The summed E-state index contributed by atoms with van der Waals surface area (Å²) in [6, 6.07) is 4.99. The van der Waals surface area contributed by atoms with Crippen LogP contribution >= 0.6 is 11.6 Å². The fourth-order valence-electron chi connectivity index (χ4n) is 1.83. The van der Waals surface area contributed by atoms with Crippen LogP contribution in [0.5, 0.6) is 5.75 Å². The summed E-state index contributed by atoms with van der Waals surface area (Å²) in [5.74, 6) is 0.380. The van der Waals surface area contributed by atoms with Crippen molar-refractivity contribution < 1.29 is 9.53 Å². The average molecular weight is 285 g/mol.